The van der Waals surface area contributed by atoms with E-state index < -0.39 is 4.92 Å². The van der Waals surface area contributed by atoms with Gasteiger partial charge in [0.15, 0.2) is 0 Å². The summed E-state index contributed by atoms with van der Waals surface area (Å²) >= 11 is 11.6. The van der Waals surface area contributed by atoms with E-state index >= 15 is 0 Å². The van der Waals surface area contributed by atoms with E-state index in [2.05, 4.69) is 15.4 Å². The average molecular weight is 330 g/mol. The monoisotopic (exact) mass is 329 g/mol. The Morgan fingerprint density at radius 1 is 1.33 bits per heavy atom. The molecule has 1 aromatic carbocycles. The molecule has 0 radical (unpaired) electrons. The number of halogens is 2. The first-order valence-corrected chi connectivity index (χ1v) is 6.29. The van der Waals surface area contributed by atoms with Crippen LogP contribution < -0.4 is 16.0 Å². The maximum Gasteiger partial charge on any atom is 0.313 e. The summed E-state index contributed by atoms with van der Waals surface area (Å²) < 4.78 is 5.45. The van der Waals surface area contributed by atoms with E-state index in [1.807, 2.05) is 0 Å². The van der Waals surface area contributed by atoms with E-state index in [0.717, 1.165) is 6.07 Å². The minimum absolute atomic E-state index is 0.0550. The molecule has 1 heterocycles. The normalized spacial score (nSPS) is 10.3. The Hall–Kier alpha value is -2.16. The number of aromatic nitrogens is 2. The van der Waals surface area contributed by atoms with Crippen LogP contribution >= 0.6 is 23.2 Å². The zero-order valence-corrected chi connectivity index (χ0v) is 12.1. The van der Waals surface area contributed by atoms with Gasteiger partial charge in [-0.15, -0.1) is 0 Å². The Morgan fingerprint density at radius 3 is 2.62 bits per heavy atom. The molecule has 110 valence electrons. The maximum atomic E-state index is 11.0. The lowest BCUT2D eigenvalue weighted by Gasteiger charge is -2.10. The third kappa shape index (κ3) is 3.13. The average Bonchev–Trinajstić information content (AvgIpc) is 2.44. The molecule has 0 saturated carbocycles. The fraction of sp³-hybridized carbons (Fsp3) is 0.0909. The minimum atomic E-state index is -0.629. The molecule has 0 unspecified atom stereocenters. The SMILES string of the molecule is Cc1c(NN)ncnc1Oc1cc(Cl)c(Cl)cc1[N+](=O)[O-]. The van der Waals surface area contributed by atoms with Gasteiger partial charge < -0.3 is 10.2 Å². The van der Waals surface area contributed by atoms with Crippen LogP contribution in [-0.2, 0) is 0 Å². The molecule has 1 aromatic heterocycles. The summed E-state index contributed by atoms with van der Waals surface area (Å²) in [5.41, 5.74) is 2.52. The first kappa shape index (κ1) is 15.2. The van der Waals surface area contributed by atoms with Gasteiger partial charge in [-0.1, -0.05) is 23.2 Å². The van der Waals surface area contributed by atoms with E-state index in [1.54, 1.807) is 6.92 Å². The predicted molar refractivity (Wildman–Crippen MR) is 77.8 cm³/mol. The van der Waals surface area contributed by atoms with E-state index in [4.69, 9.17) is 33.8 Å². The van der Waals surface area contributed by atoms with Gasteiger partial charge in [0.1, 0.15) is 12.1 Å². The molecule has 21 heavy (non-hydrogen) atoms. The van der Waals surface area contributed by atoms with E-state index in [1.165, 1.54) is 12.4 Å². The largest absolute Gasteiger partial charge is 0.431 e. The molecule has 0 atom stereocenters. The molecule has 3 N–H and O–H groups in total. The number of nitrogens with zero attached hydrogens (tertiary/aromatic N) is 3. The van der Waals surface area contributed by atoms with Crippen molar-refractivity contribution < 1.29 is 9.66 Å². The molecule has 0 fully saturated rings. The Kier molecular flexibility index (Phi) is 4.41. The van der Waals surface area contributed by atoms with Crippen molar-refractivity contribution in [1.29, 1.82) is 0 Å². The van der Waals surface area contributed by atoms with Gasteiger partial charge in [-0.25, -0.2) is 15.8 Å². The van der Waals surface area contributed by atoms with Gasteiger partial charge in [0, 0.05) is 12.1 Å². The standard InChI is InChI=1S/C11H9Cl2N5O3/c1-5-10(17-14)15-4-16-11(5)21-9-3-7(13)6(12)2-8(9)18(19)20/h2-4H,14H2,1H3,(H,15,16,17). The number of hydrogen-bond acceptors (Lipinski definition) is 7. The lowest BCUT2D eigenvalue weighted by atomic mass is 10.3. The highest BCUT2D eigenvalue weighted by Gasteiger charge is 2.20. The van der Waals surface area contributed by atoms with Gasteiger partial charge in [0.25, 0.3) is 0 Å². The van der Waals surface area contributed by atoms with Crippen molar-refractivity contribution >= 4 is 34.7 Å². The molecular weight excluding hydrogens is 321 g/mol. The molecule has 0 aliphatic heterocycles. The summed E-state index contributed by atoms with van der Waals surface area (Å²) in [7, 11) is 0. The number of hydrazine groups is 1. The Bertz CT molecular complexity index is 710. The smallest absolute Gasteiger partial charge is 0.313 e. The summed E-state index contributed by atoms with van der Waals surface area (Å²) in [4.78, 5) is 18.2. The van der Waals surface area contributed by atoms with Gasteiger partial charge in [0.05, 0.1) is 20.5 Å². The van der Waals surface area contributed by atoms with Crippen molar-refractivity contribution in [3.05, 3.63) is 44.2 Å². The van der Waals surface area contributed by atoms with Crippen molar-refractivity contribution in [3.8, 4) is 11.6 Å². The van der Waals surface area contributed by atoms with Crippen molar-refractivity contribution in [3.63, 3.8) is 0 Å². The number of nitro benzene ring substituents is 1. The van der Waals surface area contributed by atoms with Gasteiger partial charge in [-0.3, -0.25) is 10.1 Å². The topological polar surface area (TPSA) is 116 Å². The van der Waals surface area contributed by atoms with Gasteiger partial charge in [-0.05, 0) is 6.92 Å². The molecule has 0 spiro atoms. The fourth-order valence-corrected chi connectivity index (χ4v) is 1.84. The summed E-state index contributed by atoms with van der Waals surface area (Å²) in [5.74, 6) is 5.65. The van der Waals surface area contributed by atoms with Crippen molar-refractivity contribution in [1.82, 2.24) is 9.97 Å². The fourth-order valence-electron chi connectivity index (χ4n) is 1.53. The number of rotatable bonds is 4. The lowest BCUT2D eigenvalue weighted by molar-refractivity contribution is -0.385. The zero-order chi connectivity index (χ0) is 15.6. The molecule has 0 saturated heterocycles. The highest BCUT2D eigenvalue weighted by molar-refractivity contribution is 6.42. The zero-order valence-electron chi connectivity index (χ0n) is 10.6. The summed E-state index contributed by atoms with van der Waals surface area (Å²) in [6, 6.07) is 2.36. The van der Waals surface area contributed by atoms with Crippen molar-refractivity contribution in [2.75, 3.05) is 5.43 Å². The summed E-state index contributed by atoms with van der Waals surface area (Å²) in [6.45, 7) is 1.65. The number of nitrogens with two attached hydrogens (primary N) is 1. The third-order valence-corrected chi connectivity index (χ3v) is 3.30. The quantitative estimate of drug-likeness (QED) is 0.502. The molecule has 10 heteroatoms. The summed E-state index contributed by atoms with van der Waals surface area (Å²) in [6.07, 6.45) is 1.21. The highest BCUT2D eigenvalue weighted by atomic mass is 35.5. The molecular formula is C11H9Cl2N5O3. The first-order chi connectivity index (χ1) is 9.93. The Labute approximate surface area is 129 Å². The maximum absolute atomic E-state index is 11.0. The van der Waals surface area contributed by atoms with Crippen LogP contribution in [0.2, 0.25) is 10.0 Å². The Morgan fingerprint density at radius 2 is 2.00 bits per heavy atom. The minimum Gasteiger partial charge on any atom is -0.431 e. The number of anilines is 1. The number of nitrogen functional groups attached to an aromatic ring is 1. The number of nitro groups is 1. The number of hydrogen-bond donors (Lipinski definition) is 2. The second-order valence-electron chi connectivity index (χ2n) is 3.89. The van der Waals surface area contributed by atoms with Crippen LogP contribution in [0.4, 0.5) is 11.5 Å². The van der Waals surface area contributed by atoms with E-state index in [-0.39, 0.29) is 27.4 Å². The Balaban J connectivity index is 2.49. The van der Waals surface area contributed by atoms with Gasteiger partial charge in [-0.2, -0.15) is 0 Å². The first-order valence-electron chi connectivity index (χ1n) is 5.53. The lowest BCUT2D eigenvalue weighted by Crippen LogP contribution is -2.11. The van der Waals surface area contributed by atoms with Crippen LogP contribution in [0.3, 0.4) is 0 Å². The highest BCUT2D eigenvalue weighted by Crippen LogP contribution is 2.38. The van der Waals surface area contributed by atoms with Crippen LogP contribution in [0, 0.1) is 17.0 Å². The third-order valence-electron chi connectivity index (χ3n) is 2.58. The van der Waals surface area contributed by atoms with Crippen LogP contribution in [0.25, 0.3) is 0 Å². The van der Waals surface area contributed by atoms with Crippen molar-refractivity contribution in [2.24, 2.45) is 5.84 Å². The number of ether oxygens (including phenoxy) is 1. The van der Waals surface area contributed by atoms with Crippen LogP contribution in [0.15, 0.2) is 18.5 Å². The van der Waals surface area contributed by atoms with E-state index in [9.17, 15) is 10.1 Å². The molecule has 0 aliphatic rings. The molecule has 2 rings (SSSR count). The molecule has 0 bridgehead atoms. The number of nitrogens with one attached hydrogen (secondary N) is 1. The predicted octanol–water partition coefficient (Wildman–Crippen LogP) is 3.08. The second-order valence-corrected chi connectivity index (χ2v) is 4.70. The molecule has 8 nitrogen and oxygen atoms in total. The van der Waals surface area contributed by atoms with Crippen LogP contribution in [0.1, 0.15) is 5.56 Å². The molecule has 0 amide bonds. The van der Waals surface area contributed by atoms with Gasteiger partial charge >= 0.3 is 5.69 Å². The van der Waals surface area contributed by atoms with Crippen LogP contribution in [0.5, 0.6) is 11.6 Å². The van der Waals surface area contributed by atoms with Gasteiger partial charge in [0.2, 0.25) is 11.6 Å². The molecule has 0 aliphatic carbocycles. The second kappa shape index (κ2) is 6.08. The van der Waals surface area contributed by atoms with Crippen LogP contribution in [-0.4, -0.2) is 14.9 Å². The van der Waals surface area contributed by atoms with Crippen molar-refractivity contribution in [2.45, 2.75) is 6.92 Å². The summed E-state index contributed by atoms with van der Waals surface area (Å²) in [5, 5.41) is 11.2. The van der Waals surface area contributed by atoms with E-state index in [0.29, 0.717) is 11.4 Å². The number of benzene rings is 1. The molecule has 2 aromatic rings.